The van der Waals surface area contributed by atoms with Crippen LogP contribution in [-0.4, -0.2) is 12.6 Å². The van der Waals surface area contributed by atoms with E-state index < -0.39 is 0 Å². The van der Waals surface area contributed by atoms with Gasteiger partial charge in [0.15, 0.2) is 0 Å². The van der Waals surface area contributed by atoms with Gasteiger partial charge in [0.2, 0.25) is 0 Å². The van der Waals surface area contributed by atoms with Crippen LogP contribution < -0.4 is 5.32 Å². The number of rotatable bonds is 5. The molecule has 0 radical (unpaired) electrons. The van der Waals surface area contributed by atoms with Crippen molar-refractivity contribution in [3.8, 4) is 0 Å². The quantitative estimate of drug-likeness (QED) is 0.747. The van der Waals surface area contributed by atoms with Gasteiger partial charge in [0.25, 0.3) is 0 Å². The van der Waals surface area contributed by atoms with Crippen LogP contribution in [0.3, 0.4) is 0 Å². The van der Waals surface area contributed by atoms with E-state index in [0.717, 1.165) is 29.7 Å². The van der Waals surface area contributed by atoms with E-state index in [9.17, 15) is 0 Å². The summed E-state index contributed by atoms with van der Waals surface area (Å²) in [6.45, 7) is 8.35. The maximum Gasteiger partial charge on any atom is 0.0126 e. The van der Waals surface area contributed by atoms with Crippen LogP contribution in [0, 0.1) is 23.7 Å². The van der Waals surface area contributed by atoms with Crippen molar-refractivity contribution in [1.82, 2.24) is 5.32 Å². The van der Waals surface area contributed by atoms with Crippen molar-refractivity contribution in [3.05, 3.63) is 0 Å². The van der Waals surface area contributed by atoms with E-state index in [0.29, 0.717) is 0 Å². The maximum absolute atomic E-state index is 3.85. The first-order valence-electron chi connectivity index (χ1n) is 7.45. The third kappa shape index (κ3) is 3.00. The Hall–Kier alpha value is -0.0400. The Bertz CT molecular complexity index is 205. The van der Waals surface area contributed by atoms with Crippen molar-refractivity contribution >= 4 is 0 Å². The second-order valence-corrected chi connectivity index (χ2v) is 6.38. The molecular weight excluding hydrogens is 194 g/mol. The molecule has 0 bridgehead atoms. The van der Waals surface area contributed by atoms with Gasteiger partial charge >= 0.3 is 0 Å². The monoisotopic (exact) mass is 223 g/mol. The van der Waals surface area contributed by atoms with Gasteiger partial charge in [-0.2, -0.15) is 0 Å². The molecule has 16 heavy (non-hydrogen) atoms. The van der Waals surface area contributed by atoms with Gasteiger partial charge in [0, 0.05) is 6.04 Å². The van der Waals surface area contributed by atoms with E-state index in [1.165, 1.54) is 45.1 Å². The molecular formula is C15H29N. The lowest BCUT2D eigenvalue weighted by atomic mass is 9.77. The van der Waals surface area contributed by atoms with E-state index in [2.05, 4.69) is 26.1 Å². The Labute approximate surface area is 101 Å². The average molecular weight is 223 g/mol. The molecule has 2 aliphatic rings. The van der Waals surface area contributed by atoms with Crippen LogP contribution in [0.15, 0.2) is 0 Å². The molecule has 3 unspecified atom stereocenters. The molecule has 0 aromatic rings. The molecule has 0 aromatic carbocycles. The highest BCUT2D eigenvalue weighted by Crippen LogP contribution is 2.45. The lowest BCUT2D eigenvalue weighted by molar-refractivity contribution is 0.211. The van der Waals surface area contributed by atoms with Crippen LogP contribution in [0.4, 0.5) is 0 Å². The van der Waals surface area contributed by atoms with Gasteiger partial charge in [0.1, 0.15) is 0 Å². The number of nitrogens with one attached hydrogen (secondary N) is 1. The summed E-state index contributed by atoms with van der Waals surface area (Å²) in [5.41, 5.74) is 0. The van der Waals surface area contributed by atoms with Gasteiger partial charge in [-0.15, -0.1) is 0 Å². The summed E-state index contributed by atoms with van der Waals surface area (Å²) in [5, 5.41) is 3.85. The summed E-state index contributed by atoms with van der Waals surface area (Å²) in [4.78, 5) is 0. The smallest absolute Gasteiger partial charge is 0.0126 e. The highest BCUT2D eigenvalue weighted by atomic mass is 14.9. The first-order valence-corrected chi connectivity index (χ1v) is 7.45. The molecule has 2 aliphatic carbocycles. The van der Waals surface area contributed by atoms with Crippen LogP contribution in [0.1, 0.15) is 59.3 Å². The molecule has 0 aliphatic heterocycles. The van der Waals surface area contributed by atoms with Crippen molar-refractivity contribution in [2.24, 2.45) is 23.7 Å². The molecule has 2 saturated carbocycles. The molecule has 0 heterocycles. The Morgan fingerprint density at radius 3 is 2.25 bits per heavy atom. The van der Waals surface area contributed by atoms with Gasteiger partial charge in [-0.25, -0.2) is 0 Å². The average Bonchev–Trinajstić information content (AvgIpc) is 2.99. The van der Waals surface area contributed by atoms with Crippen molar-refractivity contribution < 1.29 is 0 Å². The highest BCUT2D eigenvalue weighted by Gasteiger charge is 2.42. The highest BCUT2D eigenvalue weighted by molar-refractivity contribution is 4.96. The minimum absolute atomic E-state index is 0.849. The molecule has 0 aromatic heterocycles. The van der Waals surface area contributed by atoms with Crippen LogP contribution in [-0.2, 0) is 0 Å². The molecule has 94 valence electrons. The predicted octanol–water partition coefficient (Wildman–Crippen LogP) is 3.84. The van der Waals surface area contributed by atoms with Crippen molar-refractivity contribution in [2.75, 3.05) is 6.54 Å². The molecule has 0 saturated heterocycles. The van der Waals surface area contributed by atoms with Gasteiger partial charge in [0.05, 0.1) is 0 Å². The molecule has 0 amide bonds. The molecule has 0 spiro atoms. The second-order valence-electron chi connectivity index (χ2n) is 6.38. The zero-order valence-electron chi connectivity index (χ0n) is 11.3. The summed E-state index contributed by atoms with van der Waals surface area (Å²) < 4.78 is 0. The van der Waals surface area contributed by atoms with Gasteiger partial charge in [-0.1, -0.05) is 33.6 Å². The van der Waals surface area contributed by atoms with Crippen LogP contribution in [0.25, 0.3) is 0 Å². The van der Waals surface area contributed by atoms with Crippen LogP contribution in [0.2, 0.25) is 0 Å². The van der Waals surface area contributed by atoms with Gasteiger partial charge < -0.3 is 5.32 Å². The fourth-order valence-corrected chi connectivity index (χ4v) is 3.47. The zero-order valence-corrected chi connectivity index (χ0v) is 11.3. The largest absolute Gasteiger partial charge is 0.313 e. The fraction of sp³-hybridized carbons (Fsp3) is 1.00. The Balaban J connectivity index is 1.85. The Morgan fingerprint density at radius 2 is 1.75 bits per heavy atom. The SMILES string of the molecule is CCCNC(C1CCC(C)CC1)C1CC1C. The molecule has 1 nitrogen and oxygen atoms in total. The van der Waals surface area contributed by atoms with Crippen molar-refractivity contribution in [3.63, 3.8) is 0 Å². The topological polar surface area (TPSA) is 12.0 Å². The zero-order chi connectivity index (χ0) is 11.5. The first-order chi connectivity index (χ1) is 7.72. The summed E-state index contributed by atoms with van der Waals surface area (Å²) >= 11 is 0. The van der Waals surface area contributed by atoms with E-state index in [1.807, 2.05) is 0 Å². The van der Waals surface area contributed by atoms with Gasteiger partial charge in [-0.3, -0.25) is 0 Å². The minimum Gasteiger partial charge on any atom is -0.313 e. The van der Waals surface area contributed by atoms with Crippen LogP contribution >= 0.6 is 0 Å². The molecule has 2 rings (SSSR count). The standard InChI is InChI=1S/C15H29N/c1-4-9-16-15(14-10-12(14)3)13-7-5-11(2)6-8-13/h11-16H,4-10H2,1-3H3. The van der Waals surface area contributed by atoms with E-state index in [1.54, 1.807) is 0 Å². The number of hydrogen-bond donors (Lipinski definition) is 1. The summed E-state index contributed by atoms with van der Waals surface area (Å²) in [6, 6.07) is 0.849. The normalized spacial score (nSPS) is 40.7. The maximum atomic E-state index is 3.85. The second kappa shape index (κ2) is 5.53. The Morgan fingerprint density at radius 1 is 1.12 bits per heavy atom. The molecule has 1 N–H and O–H groups in total. The summed E-state index contributed by atoms with van der Waals surface area (Å²) in [6.07, 6.45) is 8.65. The van der Waals surface area contributed by atoms with E-state index in [4.69, 9.17) is 0 Å². The van der Waals surface area contributed by atoms with E-state index >= 15 is 0 Å². The minimum atomic E-state index is 0.849. The van der Waals surface area contributed by atoms with Gasteiger partial charge in [-0.05, 0) is 55.9 Å². The summed E-state index contributed by atoms with van der Waals surface area (Å²) in [7, 11) is 0. The van der Waals surface area contributed by atoms with Crippen molar-refractivity contribution in [2.45, 2.75) is 65.3 Å². The lowest BCUT2D eigenvalue weighted by Crippen LogP contribution is -2.40. The third-order valence-corrected chi connectivity index (χ3v) is 4.83. The summed E-state index contributed by atoms with van der Waals surface area (Å²) in [5.74, 6) is 3.97. The van der Waals surface area contributed by atoms with Crippen molar-refractivity contribution in [1.29, 1.82) is 0 Å². The predicted molar refractivity (Wildman–Crippen MR) is 70.5 cm³/mol. The molecule has 3 atom stereocenters. The molecule has 2 fully saturated rings. The third-order valence-electron chi connectivity index (χ3n) is 4.83. The lowest BCUT2D eigenvalue weighted by Gasteiger charge is -2.34. The number of hydrogen-bond acceptors (Lipinski definition) is 1. The first kappa shape index (κ1) is 12.4. The fourth-order valence-electron chi connectivity index (χ4n) is 3.47. The van der Waals surface area contributed by atoms with Crippen LogP contribution in [0.5, 0.6) is 0 Å². The van der Waals surface area contributed by atoms with E-state index in [-0.39, 0.29) is 0 Å². The molecule has 1 heteroatoms. The Kier molecular flexibility index (Phi) is 4.29.